The molecule has 2 rings (SSSR count). The molecule has 1 aromatic carbocycles. The molecule has 18 heavy (non-hydrogen) atoms. The molecule has 1 aliphatic heterocycles. The summed E-state index contributed by atoms with van der Waals surface area (Å²) in [5.41, 5.74) is 2.01. The Kier molecular flexibility index (Phi) is 3.63. The third-order valence-electron chi connectivity index (χ3n) is 3.05. The summed E-state index contributed by atoms with van der Waals surface area (Å²) in [6.07, 6.45) is -0.539. The third kappa shape index (κ3) is 2.36. The molecule has 0 spiro atoms. The van der Waals surface area contributed by atoms with Gasteiger partial charge in [-0.1, -0.05) is 32.0 Å². The van der Waals surface area contributed by atoms with Crippen LogP contribution in [0.5, 0.6) is 0 Å². The molecule has 1 amide bonds. The van der Waals surface area contributed by atoms with Crippen LogP contribution in [0.15, 0.2) is 24.3 Å². The van der Waals surface area contributed by atoms with Crippen molar-refractivity contribution < 1.29 is 9.53 Å². The normalized spacial score (nSPS) is 20.0. The first-order valence-corrected chi connectivity index (χ1v) is 6.04. The van der Waals surface area contributed by atoms with E-state index in [1.54, 1.807) is 4.90 Å². The van der Waals surface area contributed by atoms with Gasteiger partial charge in [-0.2, -0.15) is 5.26 Å². The number of amides is 1. The Balaban J connectivity index is 2.35. The van der Waals surface area contributed by atoms with Gasteiger partial charge in [-0.25, -0.2) is 0 Å². The molecule has 4 heteroatoms. The molecule has 1 unspecified atom stereocenters. The van der Waals surface area contributed by atoms with Gasteiger partial charge < -0.3 is 9.64 Å². The summed E-state index contributed by atoms with van der Waals surface area (Å²) in [6, 6.07) is 9.87. The molecule has 0 aliphatic carbocycles. The number of rotatable bonds is 2. The van der Waals surface area contributed by atoms with E-state index in [1.807, 2.05) is 24.3 Å². The minimum atomic E-state index is -0.539. The van der Waals surface area contributed by atoms with E-state index in [0.717, 1.165) is 11.3 Å². The molecule has 4 nitrogen and oxygen atoms in total. The first-order chi connectivity index (χ1) is 8.63. The van der Waals surface area contributed by atoms with Crippen LogP contribution in [0.25, 0.3) is 0 Å². The van der Waals surface area contributed by atoms with E-state index < -0.39 is 6.10 Å². The summed E-state index contributed by atoms with van der Waals surface area (Å²) in [4.78, 5) is 13.6. The molecule has 0 aromatic heterocycles. The van der Waals surface area contributed by atoms with Gasteiger partial charge in [0.25, 0.3) is 5.91 Å². The number of para-hydroxylation sites is 1. The summed E-state index contributed by atoms with van der Waals surface area (Å²) < 4.78 is 5.14. The second-order valence-corrected chi connectivity index (χ2v) is 4.65. The van der Waals surface area contributed by atoms with Gasteiger partial charge in [0, 0.05) is 5.69 Å². The van der Waals surface area contributed by atoms with E-state index in [2.05, 4.69) is 19.9 Å². The van der Waals surface area contributed by atoms with E-state index >= 15 is 0 Å². The molecular weight excluding hydrogens is 228 g/mol. The van der Waals surface area contributed by atoms with Crippen LogP contribution in [0, 0.1) is 11.3 Å². The van der Waals surface area contributed by atoms with Crippen LogP contribution in [0.1, 0.15) is 25.3 Å². The Labute approximate surface area is 107 Å². The lowest BCUT2D eigenvalue weighted by atomic mass is 10.00. The highest BCUT2D eigenvalue weighted by Gasteiger charge is 2.28. The van der Waals surface area contributed by atoms with Crippen molar-refractivity contribution in [2.75, 3.05) is 18.1 Å². The molecule has 1 atom stereocenters. The topological polar surface area (TPSA) is 53.3 Å². The summed E-state index contributed by atoms with van der Waals surface area (Å²) in [7, 11) is 0. The lowest BCUT2D eigenvalue weighted by Crippen LogP contribution is -2.46. The van der Waals surface area contributed by atoms with Crippen LogP contribution in [-0.2, 0) is 9.53 Å². The van der Waals surface area contributed by atoms with Crippen molar-refractivity contribution in [1.82, 2.24) is 0 Å². The van der Waals surface area contributed by atoms with Crippen molar-refractivity contribution in [3.8, 4) is 6.07 Å². The monoisotopic (exact) mass is 244 g/mol. The average molecular weight is 244 g/mol. The Hall–Kier alpha value is -1.86. The number of nitriles is 1. The summed E-state index contributed by atoms with van der Waals surface area (Å²) in [5.74, 6) is 0.243. The van der Waals surface area contributed by atoms with Gasteiger partial charge in [0.15, 0.2) is 6.10 Å². The number of nitrogens with zero attached hydrogens (tertiary/aromatic N) is 2. The Morgan fingerprint density at radius 1 is 1.44 bits per heavy atom. The van der Waals surface area contributed by atoms with Crippen molar-refractivity contribution in [3.05, 3.63) is 29.8 Å². The number of anilines is 1. The molecule has 1 saturated heterocycles. The SMILES string of the molecule is CC(C)c1ccccc1N1CC(C#N)OCC1=O. The quantitative estimate of drug-likeness (QED) is 0.800. The van der Waals surface area contributed by atoms with E-state index in [4.69, 9.17) is 10.00 Å². The number of ether oxygens (including phenoxy) is 1. The van der Waals surface area contributed by atoms with Gasteiger partial charge in [-0.05, 0) is 17.5 Å². The van der Waals surface area contributed by atoms with Crippen molar-refractivity contribution in [3.63, 3.8) is 0 Å². The van der Waals surface area contributed by atoms with Crippen LogP contribution in [0.2, 0.25) is 0 Å². The Morgan fingerprint density at radius 2 is 2.17 bits per heavy atom. The fourth-order valence-electron chi connectivity index (χ4n) is 2.10. The highest BCUT2D eigenvalue weighted by atomic mass is 16.5. The van der Waals surface area contributed by atoms with Gasteiger partial charge in [-0.15, -0.1) is 0 Å². The smallest absolute Gasteiger partial charge is 0.253 e. The zero-order chi connectivity index (χ0) is 13.1. The molecule has 1 heterocycles. The number of carbonyl (C=O) groups is 1. The maximum Gasteiger partial charge on any atom is 0.253 e. The minimum Gasteiger partial charge on any atom is -0.352 e. The van der Waals surface area contributed by atoms with Crippen LogP contribution in [0.3, 0.4) is 0 Å². The van der Waals surface area contributed by atoms with Crippen LogP contribution in [-0.4, -0.2) is 25.2 Å². The number of hydrogen-bond acceptors (Lipinski definition) is 3. The van der Waals surface area contributed by atoms with Gasteiger partial charge in [0.1, 0.15) is 6.61 Å². The van der Waals surface area contributed by atoms with Gasteiger partial charge in [0.2, 0.25) is 0 Å². The number of benzene rings is 1. The zero-order valence-corrected chi connectivity index (χ0v) is 10.6. The van der Waals surface area contributed by atoms with E-state index in [9.17, 15) is 4.79 Å². The van der Waals surface area contributed by atoms with E-state index in [0.29, 0.717) is 12.5 Å². The molecule has 0 radical (unpaired) electrons. The summed E-state index contributed by atoms with van der Waals surface area (Å²) >= 11 is 0. The van der Waals surface area contributed by atoms with Gasteiger partial charge >= 0.3 is 0 Å². The van der Waals surface area contributed by atoms with E-state index in [-0.39, 0.29) is 12.5 Å². The van der Waals surface area contributed by atoms with Crippen LogP contribution < -0.4 is 4.90 Å². The van der Waals surface area contributed by atoms with E-state index in [1.165, 1.54) is 0 Å². The Bertz CT molecular complexity index is 491. The van der Waals surface area contributed by atoms with Gasteiger partial charge in [-0.3, -0.25) is 4.79 Å². The largest absolute Gasteiger partial charge is 0.352 e. The highest BCUT2D eigenvalue weighted by molar-refractivity contribution is 5.95. The van der Waals surface area contributed by atoms with Crippen molar-refractivity contribution in [2.24, 2.45) is 0 Å². The van der Waals surface area contributed by atoms with Gasteiger partial charge in [0.05, 0.1) is 12.6 Å². The second kappa shape index (κ2) is 5.19. The molecule has 1 aliphatic rings. The number of hydrogen-bond donors (Lipinski definition) is 0. The maximum absolute atomic E-state index is 11.9. The average Bonchev–Trinajstić information content (AvgIpc) is 2.39. The van der Waals surface area contributed by atoms with Crippen molar-refractivity contribution in [1.29, 1.82) is 5.26 Å². The second-order valence-electron chi connectivity index (χ2n) is 4.65. The highest BCUT2D eigenvalue weighted by Crippen LogP contribution is 2.28. The lowest BCUT2D eigenvalue weighted by molar-refractivity contribution is -0.127. The first kappa shape index (κ1) is 12.6. The summed E-state index contributed by atoms with van der Waals surface area (Å²) in [5, 5.41) is 8.91. The molecule has 1 fully saturated rings. The predicted molar refractivity (Wildman–Crippen MR) is 68.2 cm³/mol. The fourth-order valence-corrected chi connectivity index (χ4v) is 2.10. The zero-order valence-electron chi connectivity index (χ0n) is 10.6. The fraction of sp³-hybridized carbons (Fsp3) is 0.429. The molecule has 1 aromatic rings. The van der Waals surface area contributed by atoms with Crippen LogP contribution in [0.4, 0.5) is 5.69 Å². The number of morpholine rings is 1. The molecular formula is C14H16N2O2. The van der Waals surface area contributed by atoms with Crippen molar-refractivity contribution >= 4 is 11.6 Å². The first-order valence-electron chi connectivity index (χ1n) is 6.04. The molecule has 0 bridgehead atoms. The lowest BCUT2D eigenvalue weighted by Gasteiger charge is -2.31. The van der Waals surface area contributed by atoms with Crippen molar-refractivity contribution in [2.45, 2.75) is 25.9 Å². The standard InChI is InChI=1S/C14H16N2O2/c1-10(2)12-5-3-4-6-13(12)16-8-11(7-15)18-9-14(16)17/h3-6,10-11H,8-9H2,1-2H3. The number of carbonyl (C=O) groups excluding carboxylic acids is 1. The third-order valence-corrected chi connectivity index (χ3v) is 3.05. The molecule has 0 N–H and O–H groups in total. The molecule has 0 saturated carbocycles. The van der Waals surface area contributed by atoms with Crippen LogP contribution >= 0.6 is 0 Å². The maximum atomic E-state index is 11.9. The molecule has 94 valence electrons. The minimum absolute atomic E-state index is 0.0232. The summed E-state index contributed by atoms with van der Waals surface area (Å²) in [6.45, 7) is 4.46. The Morgan fingerprint density at radius 3 is 2.83 bits per heavy atom. The predicted octanol–water partition coefficient (Wildman–Crippen LogP) is 2.07.